The predicted molar refractivity (Wildman–Crippen MR) is 95.3 cm³/mol. The number of nitrogens with one attached hydrogen (secondary N) is 1. The van der Waals surface area contributed by atoms with Crippen LogP contribution in [0, 0.1) is 0 Å². The van der Waals surface area contributed by atoms with Gasteiger partial charge in [-0.1, -0.05) is 25.2 Å². The van der Waals surface area contributed by atoms with E-state index in [1.807, 2.05) is 19.1 Å². The first-order valence-electron chi connectivity index (χ1n) is 7.64. The van der Waals surface area contributed by atoms with Crippen molar-refractivity contribution in [3.63, 3.8) is 0 Å². The molecule has 0 amide bonds. The van der Waals surface area contributed by atoms with Gasteiger partial charge in [-0.25, -0.2) is 4.98 Å². The highest BCUT2D eigenvalue weighted by Gasteiger charge is 2.31. The minimum absolute atomic E-state index is 0.0275. The number of nitrogens with zero attached hydrogens (tertiary/aromatic N) is 1. The summed E-state index contributed by atoms with van der Waals surface area (Å²) in [6.45, 7) is 5.92. The number of fused-ring (bicyclic) bond motifs is 1. The minimum atomic E-state index is -4.48. The van der Waals surface area contributed by atoms with E-state index in [0.29, 0.717) is 6.42 Å². The molecule has 0 bridgehead atoms. The van der Waals surface area contributed by atoms with Gasteiger partial charge in [0.2, 0.25) is 0 Å². The zero-order valence-corrected chi connectivity index (χ0v) is 14.2. The van der Waals surface area contributed by atoms with Crippen LogP contribution < -0.4 is 5.56 Å². The molecule has 2 aromatic rings. The Kier molecular flexibility index (Phi) is 4.60. The molecule has 0 saturated carbocycles. The lowest BCUT2D eigenvalue weighted by molar-refractivity contribution is -0.137. The van der Waals surface area contributed by atoms with E-state index in [9.17, 15) is 18.0 Å². The Bertz CT molecular complexity index is 970. The van der Waals surface area contributed by atoms with E-state index in [1.165, 1.54) is 0 Å². The number of halogens is 3. The van der Waals surface area contributed by atoms with E-state index in [1.54, 1.807) is 11.8 Å². The standard InChI is InChI=1S/C18H15F3N2OS/c1-3-25-15-8-10(2)4-6-13(15)16-22-14-9-11(18(19,20)21)5-7-12(14)17(24)23-16/h5-9H,2-4H2,1H3,(H,22,23,24). The summed E-state index contributed by atoms with van der Waals surface area (Å²) >= 11 is 1.57. The molecule has 1 aromatic heterocycles. The van der Waals surface area contributed by atoms with Crippen molar-refractivity contribution >= 4 is 28.2 Å². The molecule has 3 nitrogen and oxygen atoms in total. The lowest BCUT2D eigenvalue weighted by Crippen LogP contribution is -2.14. The van der Waals surface area contributed by atoms with Crippen LogP contribution in [0.25, 0.3) is 16.5 Å². The third-order valence-electron chi connectivity index (χ3n) is 3.76. The van der Waals surface area contributed by atoms with Crippen molar-refractivity contribution in [1.82, 2.24) is 9.97 Å². The summed E-state index contributed by atoms with van der Waals surface area (Å²) < 4.78 is 38.8. The minimum Gasteiger partial charge on any atom is -0.306 e. The van der Waals surface area contributed by atoms with Gasteiger partial charge in [-0.05, 0) is 36.4 Å². The van der Waals surface area contributed by atoms with E-state index in [0.717, 1.165) is 40.0 Å². The molecule has 130 valence electrons. The molecular formula is C18H15F3N2OS. The number of aromatic nitrogens is 2. The van der Waals surface area contributed by atoms with Gasteiger partial charge in [0.05, 0.1) is 16.5 Å². The lowest BCUT2D eigenvalue weighted by atomic mass is 10.0. The molecule has 0 fully saturated rings. The van der Waals surface area contributed by atoms with Crippen LogP contribution >= 0.6 is 11.8 Å². The Labute approximate surface area is 146 Å². The van der Waals surface area contributed by atoms with Gasteiger partial charge in [0.15, 0.2) is 0 Å². The number of hydrogen-bond acceptors (Lipinski definition) is 3. The Morgan fingerprint density at radius 2 is 2.12 bits per heavy atom. The maximum absolute atomic E-state index is 12.9. The first kappa shape index (κ1) is 17.5. The normalized spacial score (nSPS) is 15.3. The number of alkyl halides is 3. The van der Waals surface area contributed by atoms with Crippen LogP contribution in [0.3, 0.4) is 0 Å². The van der Waals surface area contributed by atoms with Crippen LogP contribution in [0.4, 0.5) is 13.2 Å². The molecule has 7 heteroatoms. The first-order valence-corrected chi connectivity index (χ1v) is 8.62. The van der Waals surface area contributed by atoms with Crippen LogP contribution in [0.1, 0.15) is 24.7 Å². The Morgan fingerprint density at radius 1 is 1.36 bits per heavy atom. The van der Waals surface area contributed by atoms with Crippen molar-refractivity contribution in [2.24, 2.45) is 0 Å². The van der Waals surface area contributed by atoms with E-state index >= 15 is 0 Å². The van der Waals surface area contributed by atoms with Gasteiger partial charge in [-0.3, -0.25) is 4.79 Å². The molecule has 1 aliphatic carbocycles. The second-order valence-electron chi connectivity index (χ2n) is 5.57. The van der Waals surface area contributed by atoms with Crippen LogP contribution in [0.5, 0.6) is 0 Å². The highest BCUT2D eigenvalue weighted by atomic mass is 32.2. The van der Waals surface area contributed by atoms with E-state index in [-0.39, 0.29) is 16.7 Å². The number of H-pyrrole nitrogens is 1. The fourth-order valence-corrected chi connectivity index (χ4v) is 3.48. The third kappa shape index (κ3) is 3.56. The number of benzene rings is 1. The van der Waals surface area contributed by atoms with Crippen molar-refractivity contribution in [2.75, 3.05) is 5.75 Å². The molecule has 0 aliphatic heterocycles. The second-order valence-corrected chi connectivity index (χ2v) is 6.87. The van der Waals surface area contributed by atoms with Gasteiger partial charge in [-0.15, -0.1) is 11.8 Å². The molecule has 3 rings (SSSR count). The van der Waals surface area contributed by atoms with Gasteiger partial charge < -0.3 is 4.98 Å². The quantitative estimate of drug-likeness (QED) is 0.841. The number of allylic oxidation sites excluding steroid dienone is 4. The monoisotopic (exact) mass is 364 g/mol. The maximum Gasteiger partial charge on any atom is 0.416 e. The number of aromatic amines is 1. The average Bonchev–Trinajstić information content (AvgIpc) is 2.54. The summed E-state index contributed by atoms with van der Waals surface area (Å²) in [4.78, 5) is 20.1. The van der Waals surface area contributed by atoms with Crippen LogP contribution in [0.15, 0.2) is 52.2 Å². The molecule has 1 aromatic carbocycles. The number of hydrogen-bond donors (Lipinski definition) is 1. The fourth-order valence-electron chi connectivity index (χ4n) is 2.59. The SMILES string of the molecule is C=C1C=C(SCC)C(c2nc3cc(C(F)(F)F)ccc3c(=O)[nH]2)=CC1. The molecular weight excluding hydrogens is 349 g/mol. The second kappa shape index (κ2) is 6.55. The average molecular weight is 364 g/mol. The molecule has 0 radical (unpaired) electrons. The van der Waals surface area contributed by atoms with Crippen molar-refractivity contribution in [3.8, 4) is 0 Å². The van der Waals surface area contributed by atoms with Crippen molar-refractivity contribution in [3.05, 3.63) is 69.1 Å². The van der Waals surface area contributed by atoms with E-state index in [4.69, 9.17) is 0 Å². The van der Waals surface area contributed by atoms with Crippen molar-refractivity contribution in [1.29, 1.82) is 0 Å². The van der Waals surface area contributed by atoms with Crippen molar-refractivity contribution < 1.29 is 13.2 Å². The molecule has 0 atom stereocenters. The van der Waals surface area contributed by atoms with Gasteiger partial charge in [0, 0.05) is 10.5 Å². The van der Waals surface area contributed by atoms with Gasteiger partial charge in [0.1, 0.15) is 5.82 Å². The topological polar surface area (TPSA) is 45.8 Å². The maximum atomic E-state index is 12.9. The third-order valence-corrected chi connectivity index (χ3v) is 4.70. The van der Waals surface area contributed by atoms with E-state index in [2.05, 4.69) is 16.5 Å². The molecule has 1 aliphatic rings. The predicted octanol–water partition coefficient (Wildman–Crippen LogP) is 4.92. The Balaban J connectivity index is 2.15. The molecule has 0 unspecified atom stereocenters. The Hall–Kier alpha value is -2.28. The molecule has 25 heavy (non-hydrogen) atoms. The summed E-state index contributed by atoms with van der Waals surface area (Å²) in [7, 11) is 0. The highest BCUT2D eigenvalue weighted by molar-refractivity contribution is 8.03. The van der Waals surface area contributed by atoms with Gasteiger partial charge in [0.25, 0.3) is 5.56 Å². The van der Waals surface area contributed by atoms with Gasteiger partial charge >= 0.3 is 6.18 Å². The Morgan fingerprint density at radius 3 is 2.80 bits per heavy atom. The number of thioether (sulfide) groups is 1. The molecule has 0 saturated heterocycles. The fraction of sp³-hybridized carbons (Fsp3) is 0.222. The number of rotatable bonds is 3. The molecule has 1 heterocycles. The van der Waals surface area contributed by atoms with Crippen LogP contribution in [0.2, 0.25) is 0 Å². The first-order chi connectivity index (χ1) is 11.8. The summed E-state index contributed by atoms with van der Waals surface area (Å²) in [6.07, 6.45) is -0.0745. The largest absolute Gasteiger partial charge is 0.416 e. The van der Waals surface area contributed by atoms with Crippen LogP contribution in [-0.2, 0) is 6.18 Å². The highest BCUT2D eigenvalue weighted by Crippen LogP contribution is 2.36. The van der Waals surface area contributed by atoms with E-state index < -0.39 is 17.3 Å². The summed E-state index contributed by atoms with van der Waals surface area (Å²) in [6, 6.07) is 2.95. The smallest absolute Gasteiger partial charge is 0.306 e. The molecule has 0 spiro atoms. The van der Waals surface area contributed by atoms with Crippen molar-refractivity contribution in [2.45, 2.75) is 19.5 Å². The lowest BCUT2D eigenvalue weighted by Gasteiger charge is -2.16. The van der Waals surface area contributed by atoms with Gasteiger partial charge in [-0.2, -0.15) is 13.2 Å². The summed E-state index contributed by atoms with van der Waals surface area (Å²) in [5.41, 5.74) is 0.395. The zero-order chi connectivity index (χ0) is 18.2. The summed E-state index contributed by atoms with van der Waals surface area (Å²) in [5.74, 6) is 1.09. The summed E-state index contributed by atoms with van der Waals surface area (Å²) in [5, 5.41) is 0.131. The zero-order valence-electron chi connectivity index (χ0n) is 13.4. The molecule has 1 N–H and O–H groups in total. The van der Waals surface area contributed by atoms with Crippen LogP contribution in [-0.4, -0.2) is 15.7 Å².